The number of nitrogens with two attached hydrogens (primary N) is 1. The summed E-state index contributed by atoms with van der Waals surface area (Å²) in [4.78, 5) is 12.8. The Morgan fingerprint density at radius 2 is 1.57 bits per heavy atom. The molecule has 0 aliphatic rings. The van der Waals surface area contributed by atoms with Crippen LogP contribution in [0.1, 0.15) is 73.4 Å². The monoisotopic (exact) mass is 479 g/mol. The Morgan fingerprint density at radius 3 is 2.17 bits per heavy atom. The van der Waals surface area contributed by atoms with Crippen molar-refractivity contribution in [3.63, 3.8) is 0 Å². The number of carbonyl (C=O) groups is 1. The second-order valence-electron chi connectivity index (χ2n) is 8.63. The van der Waals surface area contributed by atoms with Gasteiger partial charge < -0.3 is 15.1 Å². The topological polar surface area (TPSA) is 62.2 Å². The van der Waals surface area contributed by atoms with Gasteiger partial charge in [-0.05, 0) is 57.9 Å². The highest BCUT2D eigenvalue weighted by atomic mass is 16.6. The van der Waals surface area contributed by atoms with Gasteiger partial charge in [0.1, 0.15) is 12.1 Å². The van der Waals surface area contributed by atoms with Gasteiger partial charge in [0, 0.05) is 28.0 Å². The Morgan fingerprint density at radius 1 is 0.943 bits per heavy atom. The highest BCUT2D eigenvalue weighted by Crippen LogP contribution is 2.37. The number of carbonyl (C=O) groups excluding carboxylic acids is 1. The molecule has 0 aliphatic heterocycles. The minimum absolute atomic E-state index is 0.141. The summed E-state index contributed by atoms with van der Waals surface area (Å²) in [7, 11) is 0. The number of aryl methyl sites for hydroxylation is 2. The van der Waals surface area contributed by atoms with E-state index in [-0.39, 0.29) is 12.5 Å². The maximum absolute atomic E-state index is 12.8. The number of rotatable bonds is 3. The van der Waals surface area contributed by atoms with Crippen LogP contribution < -0.4 is 5.84 Å². The Hall–Kier alpha value is -3.21. The molecule has 0 saturated heterocycles. The number of esters is 1. The Labute approximate surface area is 211 Å². The molecule has 0 fully saturated rings. The van der Waals surface area contributed by atoms with E-state index in [4.69, 9.17) is 10.6 Å². The van der Waals surface area contributed by atoms with E-state index < -0.39 is 5.60 Å². The number of nitrogens with zero attached hydrogens (tertiary/aromatic N) is 2. The van der Waals surface area contributed by atoms with Crippen molar-refractivity contribution in [1.29, 1.82) is 0 Å². The average molecular weight is 480 g/mol. The molecule has 0 spiro atoms. The van der Waals surface area contributed by atoms with E-state index in [1.165, 1.54) is 0 Å². The highest BCUT2D eigenvalue weighted by molar-refractivity contribution is 6.00. The molecule has 2 heterocycles. The lowest BCUT2D eigenvalue weighted by Crippen LogP contribution is -2.26. The standard InChI is InChI=1S/C24H27N3O2.3C2H6/c1-15-9-10-18-16(2)22(19-8-6-7-17-11-12-27(25)23(17)19)26(20(18)13-15)14-21(28)29-24(3,4)5;3*1-2/h6-13H,14,25H2,1-5H3;3*1-2H3. The van der Waals surface area contributed by atoms with Crippen molar-refractivity contribution >= 4 is 27.8 Å². The van der Waals surface area contributed by atoms with Crippen LogP contribution in [0.3, 0.4) is 0 Å². The van der Waals surface area contributed by atoms with E-state index in [2.05, 4.69) is 42.7 Å². The second-order valence-corrected chi connectivity index (χ2v) is 8.63. The first kappa shape index (κ1) is 29.8. The molecule has 0 amide bonds. The Kier molecular flexibility index (Phi) is 11.1. The summed E-state index contributed by atoms with van der Waals surface area (Å²) in [6, 6.07) is 14.5. The summed E-state index contributed by atoms with van der Waals surface area (Å²) in [5.41, 5.74) is 5.70. The zero-order valence-corrected chi connectivity index (χ0v) is 23.6. The predicted molar refractivity (Wildman–Crippen MR) is 152 cm³/mol. The van der Waals surface area contributed by atoms with Crippen LogP contribution in [0.2, 0.25) is 0 Å². The minimum atomic E-state index is -0.531. The van der Waals surface area contributed by atoms with Gasteiger partial charge in [-0.25, -0.2) is 0 Å². The number of hydrogen-bond acceptors (Lipinski definition) is 3. The highest BCUT2D eigenvalue weighted by Gasteiger charge is 2.23. The van der Waals surface area contributed by atoms with Crippen LogP contribution in [0.4, 0.5) is 0 Å². The molecule has 35 heavy (non-hydrogen) atoms. The largest absolute Gasteiger partial charge is 0.459 e. The van der Waals surface area contributed by atoms with E-state index in [0.29, 0.717) is 0 Å². The van der Waals surface area contributed by atoms with Gasteiger partial charge in [-0.15, -0.1) is 0 Å². The summed E-state index contributed by atoms with van der Waals surface area (Å²) in [6.07, 6.45) is 1.86. The number of ether oxygens (including phenoxy) is 1. The third-order valence-corrected chi connectivity index (χ3v) is 5.18. The van der Waals surface area contributed by atoms with E-state index in [1.54, 1.807) is 4.68 Å². The molecule has 2 N–H and O–H groups in total. The summed E-state index contributed by atoms with van der Waals surface area (Å²) >= 11 is 0. The maximum Gasteiger partial charge on any atom is 0.326 e. The maximum atomic E-state index is 12.8. The van der Waals surface area contributed by atoms with Gasteiger partial charge in [-0.1, -0.05) is 71.9 Å². The van der Waals surface area contributed by atoms with Gasteiger partial charge >= 0.3 is 5.97 Å². The molecule has 0 radical (unpaired) electrons. The lowest BCUT2D eigenvalue weighted by atomic mass is 10.0. The lowest BCUT2D eigenvalue weighted by molar-refractivity contribution is -0.155. The zero-order valence-electron chi connectivity index (χ0n) is 23.6. The molecule has 5 nitrogen and oxygen atoms in total. The van der Waals surface area contributed by atoms with Crippen molar-refractivity contribution in [1.82, 2.24) is 9.24 Å². The number of benzene rings is 2. The molecule has 0 bridgehead atoms. The molecule has 4 rings (SSSR count). The molecule has 2 aromatic heterocycles. The first-order valence-electron chi connectivity index (χ1n) is 12.8. The van der Waals surface area contributed by atoms with Gasteiger partial charge in [0.2, 0.25) is 0 Å². The Bertz CT molecular complexity index is 1240. The van der Waals surface area contributed by atoms with Crippen molar-refractivity contribution in [2.45, 2.75) is 88.3 Å². The third-order valence-electron chi connectivity index (χ3n) is 5.18. The van der Waals surface area contributed by atoms with Crippen molar-refractivity contribution in [2.24, 2.45) is 0 Å². The number of aromatic nitrogens is 2. The molecular formula is C30H45N3O2. The van der Waals surface area contributed by atoms with Crippen molar-refractivity contribution < 1.29 is 9.53 Å². The molecule has 4 aromatic rings. The van der Waals surface area contributed by atoms with Gasteiger partial charge in [0.25, 0.3) is 0 Å². The third kappa shape index (κ3) is 6.68. The number of hydrogen-bond donors (Lipinski definition) is 1. The minimum Gasteiger partial charge on any atom is -0.459 e. The summed E-state index contributed by atoms with van der Waals surface area (Å²) in [5, 5.41) is 2.19. The molecule has 5 heteroatoms. The van der Waals surface area contributed by atoms with Crippen LogP contribution in [-0.4, -0.2) is 20.8 Å². The predicted octanol–water partition coefficient (Wildman–Crippen LogP) is 8.01. The molecule has 0 saturated carbocycles. The average Bonchev–Trinajstić information content (AvgIpc) is 3.34. The summed E-state index contributed by atoms with van der Waals surface area (Å²) in [5.74, 6) is 5.98. The molecule has 0 aliphatic carbocycles. The Balaban J connectivity index is 0.000000949. The normalized spacial score (nSPS) is 10.5. The molecule has 2 aromatic carbocycles. The zero-order chi connectivity index (χ0) is 26.9. The fraction of sp³-hybridized carbons (Fsp3) is 0.433. The van der Waals surface area contributed by atoms with Crippen molar-refractivity contribution in [3.8, 4) is 11.3 Å². The van der Waals surface area contributed by atoms with Gasteiger partial charge in [0.05, 0.1) is 11.2 Å². The van der Waals surface area contributed by atoms with Crippen molar-refractivity contribution in [3.05, 3.63) is 59.8 Å². The van der Waals surface area contributed by atoms with Crippen LogP contribution in [0.25, 0.3) is 33.1 Å². The first-order valence-corrected chi connectivity index (χ1v) is 12.8. The molecular weight excluding hydrogens is 434 g/mol. The van der Waals surface area contributed by atoms with Gasteiger partial charge in [0.15, 0.2) is 0 Å². The van der Waals surface area contributed by atoms with E-state index in [0.717, 1.165) is 44.2 Å². The van der Waals surface area contributed by atoms with Crippen LogP contribution in [0, 0.1) is 13.8 Å². The van der Waals surface area contributed by atoms with E-state index >= 15 is 0 Å². The smallest absolute Gasteiger partial charge is 0.326 e. The number of nitrogen functional groups attached to an aromatic ring is 1. The van der Waals surface area contributed by atoms with Crippen LogP contribution in [0.15, 0.2) is 48.7 Å². The molecule has 0 unspecified atom stereocenters. The first-order chi connectivity index (χ1) is 16.7. The van der Waals surface area contributed by atoms with E-state index in [9.17, 15) is 4.79 Å². The quantitative estimate of drug-likeness (QED) is 0.239. The van der Waals surface area contributed by atoms with E-state index in [1.807, 2.05) is 86.7 Å². The second kappa shape index (κ2) is 13.0. The molecule has 0 atom stereocenters. The van der Waals surface area contributed by atoms with Gasteiger partial charge in [-0.2, -0.15) is 0 Å². The van der Waals surface area contributed by atoms with Crippen LogP contribution >= 0.6 is 0 Å². The summed E-state index contributed by atoms with van der Waals surface area (Å²) in [6.45, 7) is 22.0. The number of fused-ring (bicyclic) bond motifs is 2. The fourth-order valence-electron chi connectivity index (χ4n) is 4.06. The van der Waals surface area contributed by atoms with Crippen LogP contribution in [-0.2, 0) is 16.1 Å². The lowest BCUT2D eigenvalue weighted by Gasteiger charge is -2.21. The SMILES string of the molecule is CC.CC.CC.Cc1ccc2c(C)c(-c3cccc4ccn(N)c34)n(CC(=O)OC(C)(C)C)c2c1. The van der Waals surface area contributed by atoms with Crippen LogP contribution in [0.5, 0.6) is 0 Å². The van der Waals surface area contributed by atoms with Gasteiger partial charge in [-0.3, -0.25) is 9.47 Å². The number of para-hydroxylation sites is 1. The fourth-order valence-corrected chi connectivity index (χ4v) is 4.06. The van der Waals surface area contributed by atoms with Crippen molar-refractivity contribution in [2.75, 3.05) is 5.84 Å². The summed E-state index contributed by atoms with van der Waals surface area (Å²) < 4.78 is 9.33. The molecule has 192 valence electrons.